The van der Waals surface area contributed by atoms with Crippen molar-refractivity contribution < 1.29 is 82.0 Å². The second-order valence-corrected chi connectivity index (χ2v) is 16.9. The van der Waals surface area contributed by atoms with Crippen LogP contribution in [0.15, 0.2) is 24.3 Å². The molecular formula is C53H96N6O17S. The minimum atomic E-state index is -1.04. The molecule has 23 nitrogen and oxygen atoms in total. The van der Waals surface area contributed by atoms with Crippen LogP contribution < -0.4 is 10.6 Å². The Kier molecular flexibility index (Phi) is 50.9. The quantitative estimate of drug-likeness (QED) is 0.0463. The lowest BCUT2D eigenvalue weighted by molar-refractivity contribution is -0.140. The number of carbonyl (C=O) groups excluding carboxylic acids is 3. The number of ketones is 2. The second-order valence-electron chi connectivity index (χ2n) is 16.5. The van der Waals surface area contributed by atoms with Crippen LogP contribution in [-0.2, 0) is 73.1 Å². The highest BCUT2D eigenvalue weighted by atomic mass is 32.1. The lowest BCUT2D eigenvalue weighted by Gasteiger charge is -2.33. The summed E-state index contributed by atoms with van der Waals surface area (Å²) >= 11 is 5.53. The monoisotopic (exact) mass is 1120 g/mol. The zero-order chi connectivity index (χ0) is 57.9. The topological polar surface area (TPSA) is 274 Å². The molecule has 1 aromatic carbocycles. The lowest BCUT2D eigenvalue weighted by atomic mass is 10.0. The molecule has 1 aliphatic rings. The van der Waals surface area contributed by atoms with E-state index < -0.39 is 17.9 Å². The van der Waals surface area contributed by atoms with Crippen LogP contribution in [0.3, 0.4) is 0 Å². The van der Waals surface area contributed by atoms with Gasteiger partial charge in [0.15, 0.2) is 5.11 Å². The highest BCUT2D eigenvalue weighted by Crippen LogP contribution is 2.16. The summed E-state index contributed by atoms with van der Waals surface area (Å²) in [5, 5.41) is 35.2. The molecule has 1 atom stereocenters. The number of nitrogens with one attached hydrogen (secondary N) is 2. The number of thiocarbonyl (C=S) groups is 1. The van der Waals surface area contributed by atoms with Crippen LogP contribution in [0.25, 0.3) is 0 Å². The Labute approximate surface area is 463 Å². The number of nitrogens with zero attached hydrogens (tertiary/aromatic N) is 4. The summed E-state index contributed by atoms with van der Waals surface area (Å²) in [6.07, 6.45) is 1.32. The van der Waals surface area contributed by atoms with E-state index in [9.17, 15) is 44.1 Å². The SMILES string of the molecule is CC.CC.CC.CC(=O)CCOCCOCCOCCOCCN(CCOCCOCCOCCOCCC(C)=O)C(=O)CCNC(=S)Nc1ccc(CC2CN(CC(=O)O)CCN(CC(=O)O)CCN2CC(=O)O)cc1. The Bertz CT molecular complexity index is 1640. The zero-order valence-electron chi connectivity index (χ0n) is 47.6. The predicted octanol–water partition coefficient (Wildman–Crippen LogP) is 3.45. The van der Waals surface area contributed by atoms with Crippen molar-refractivity contribution in [3.05, 3.63) is 29.8 Å². The molecule has 5 N–H and O–H groups in total. The molecule has 0 aliphatic carbocycles. The van der Waals surface area contributed by atoms with E-state index in [1.54, 1.807) is 19.6 Å². The Morgan fingerprint density at radius 2 is 0.909 bits per heavy atom. The van der Waals surface area contributed by atoms with Crippen molar-refractivity contribution in [3.63, 3.8) is 0 Å². The van der Waals surface area contributed by atoms with E-state index in [1.165, 1.54) is 13.8 Å². The number of amides is 1. The van der Waals surface area contributed by atoms with Gasteiger partial charge in [-0.3, -0.25) is 43.5 Å². The fraction of sp³-hybridized carbons (Fsp3) is 0.755. The summed E-state index contributed by atoms with van der Waals surface area (Å²) in [7, 11) is 0. The van der Waals surface area contributed by atoms with E-state index in [0.717, 1.165) is 5.56 Å². The summed E-state index contributed by atoms with van der Waals surface area (Å²) in [4.78, 5) is 77.2. The Hall–Kier alpha value is -4.31. The molecule has 0 bridgehead atoms. The molecule has 1 unspecified atom stereocenters. The molecule has 1 aliphatic heterocycles. The lowest BCUT2D eigenvalue weighted by Crippen LogP contribution is -2.49. The molecule has 0 saturated carbocycles. The van der Waals surface area contributed by atoms with Crippen LogP contribution in [-0.4, -0.2) is 259 Å². The largest absolute Gasteiger partial charge is 0.480 e. The molecule has 2 rings (SSSR count). The second kappa shape index (κ2) is 52.4. The van der Waals surface area contributed by atoms with Crippen LogP contribution in [0.2, 0.25) is 0 Å². The van der Waals surface area contributed by atoms with Crippen molar-refractivity contribution in [1.29, 1.82) is 0 Å². The molecular weight excluding hydrogens is 1020 g/mol. The van der Waals surface area contributed by atoms with Crippen molar-refractivity contribution >= 4 is 58.4 Å². The number of hydrogen-bond acceptors (Lipinski definition) is 18. The average Bonchev–Trinajstić information content (AvgIpc) is 3.46. The van der Waals surface area contributed by atoms with Crippen LogP contribution in [0.5, 0.6) is 0 Å². The van der Waals surface area contributed by atoms with E-state index in [-0.39, 0.29) is 75.9 Å². The first-order valence-corrected chi connectivity index (χ1v) is 27.5. The molecule has 1 amide bonds. The number of benzene rings is 1. The van der Waals surface area contributed by atoms with E-state index >= 15 is 0 Å². The van der Waals surface area contributed by atoms with Crippen molar-refractivity contribution in [2.24, 2.45) is 0 Å². The molecule has 1 saturated heterocycles. The maximum Gasteiger partial charge on any atom is 0.317 e. The molecule has 1 aromatic rings. The molecule has 446 valence electrons. The predicted molar refractivity (Wildman–Crippen MR) is 298 cm³/mol. The van der Waals surface area contributed by atoms with Gasteiger partial charge in [-0.25, -0.2) is 0 Å². The molecule has 0 aromatic heterocycles. The molecule has 1 heterocycles. The average molecular weight is 1120 g/mol. The number of aliphatic carboxylic acids is 3. The van der Waals surface area contributed by atoms with E-state index in [0.29, 0.717) is 162 Å². The number of ether oxygens (including phenoxy) is 8. The number of carboxylic acid groups (broad SMARTS) is 3. The molecule has 77 heavy (non-hydrogen) atoms. The highest BCUT2D eigenvalue weighted by Gasteiger charge is 2.28. The number of anilines is 1. The molecule has 0 radical (unpaired) electrons. The van der Waals surface area contributed by atoms with Crippen molar-refractivity contribution in [2.45, 2.75) is 87.1 Å². The first-order valence-electron chi connectivity index (χ1n) is 27.1. The Balaban J connectivity index is 0. The number of carbonyl (C=O) groups is 6. The minimum absolute atomic E-state index is 0.0806. The normalized spacial score (nSPS) is 13.9. The number of hydrogen-bond donors (Lipinski definition) is 5. The van der Waals surface area contributed by atoms with Crippen LogP contribution >= 0.6 is 12.2 Å². The first kappa shape index (κ1) is 74.8. The zero-order valence-corrected chi connectivity index (χ0v) is 48.4. The summed E-state index contributed by atoms with van der Waals surface area (Å²) < 4.78 is 44.2. The van der Waals surface area contributed by atoms with Crippen LogP contribution in [0.1, 0.15) is 80.2 Å². The van der Waals surface area contributed by atoms with Crippen molar-refractivity contribution in [1.82, 2.24) is 24.9 Å². The van der Waals surface area contributed by atoms with E-state index in [1.807, 2.05) is 65.8 Å². The molecule has 0 spiro atoms. The van der Waals surface area contributed by atoms with Crippen LogP contribution in [0.4, 0.5) is 5.69 Å². The van der Waals surface area contributed by atoms with Gasteiger partial charge in [0.25, 0.3) is 0 Å². The van der Waals surface area contributed by atoms with Gasteiger partial charge in [-0.05, 0) is 50.2 Å². The van der Waals surface area contributed by atoms with Gasteiger partial charge in [0.2, 0.25) is 5.91 Å². The van der Waals surface area contributed by atoms with Crippen molar-refractivity contribution in [2.75, 3.05) is 183 Å². The fourth-order valence-corrected chi connectivity index (χ4v) is 7.11. The molecule has 24 heteroatoms. The van der Waals surface area contributed by atoms with Gasteiger partial charge >= 0.3 is 17.9 Å². The smallest absolute Gasteiger partial charge is 0.317 e. The van der Waals surface area contributed by atoms with Gasteiger partial charge in [0.05, 0.1) is 125 Å². The Morgan fingerprint density at radius 1 is 0.532 bits per heavy atom. The summed E-state index contributed by atoms with van der Waals surface area (Å²) in [6, 6.07) is 7.03. The maximum atomic E-state index is 13.4. The highest BCUT2D eigenvalue weighted by molar-refractivity contribution is 7.80. The van der Waals surface area contributed by atoms with Gasteiger partial charge in [0.1, 0.15) is 11.6 Å². The van der Waals surface area contributed by atoms with Crippen molar-refractivity contribution in [3.8, 4) is 0 Å². The third kappa shape index (κ3) is 45.3. The number of Topliss-reactive ketones (excluding diaryl/α,β-unsaturated/α-hetero) is 2. The fourth-order valence-electron chi connectivity index (χ4n) is 6.89. The van der Waals surface area contributed by atoms with Gasteiger partial charge in [-0.2, -0.15) is 0 Å². The molecule has 1 fully saturated rings. The minimum Gasteiger partial charge on any atom is -0.480 e. The van der Waals surface area contributed by atoms with Gasteiger partial charge in [-0.15, -0.1) is 0 Å². The first-order chi connectivity index (χ1) is 37.2. The third-order valence-electron chi connectivity index (χ3n) is 10.6. The summed E-state index contributed by atoms with van der Waals surface area (Å²) in [6.45, 7) is 22.5. The third-order valence-corrected chi connectivity index (χ3v) is 10.8. The number of carboxylic acids is 3. The van der Waals surface area contributed by atoms with Gasteiger partial charge < -0.3 is 68.7 Å². The summed E-state index contributed by atoms with van der Waals surface area (Å²) in [5.41, 5.74) is 1.55. The van der Waals surface area contributed by atoms with E-state index in [2.05, 4.69) is 10.6 Å². The van der Waals surface area contributed by atoms with Crippen LogP contribution in [0, 0.1) is 0 Å². The number of rotatable bonds is 42. The standard InChI is InChI=1S/C47H78N6O17S.3C2H6/c1-38(54)8-17-63-21-25-67-29-31-69-27-23-65-19-15-52(16-20-66-24-28-70-32-30-68-26-22-64-18-9-39(2)55)43(56)7-10-48-47(71)49-41-5-3-40(4-6-41)33-42-34-51(36-45(59)60)12-11-50(35-44(57)58)13-14-53(42)37-46(61)62;3*1-2/h3-6,42H,7-37H2,1-2H3,(H,57,58)(H,59,60)(H,61,62)(H2,48,49,71);3*1-2H3. The Morgan fingerprint density at radius 3 is 1.32 bits per heavy atom. The maximum absolute atomic E-state index is 13.4. The van der Waals surface area contributed by atoms with Gasteiger partial charge in [-0.1, -0.05) is 53.7 Å². The van der Waals surface area contributed by atoms with E-state index in [4.69, 9.17) is 50.1 Å². The summed E-state index contributed by atoms with van der Waals surface area (Å²) in [5.74, 6) is -3.07. The van der Waals surface area contributed by atoms with Gasteiger partial charge in [0, 0.05) is 83.3 Å².